The Labute approximate surface area is 124 Å². The number of hydrogen-bond donors (Lipinski definition) is 0. The molecule has 4 nitrogen and oxygen atoms in total. The van der Waals surface area contributed by atoms with E-state index in [1.54, 1.807) is 11.3 Å². The highest BCUT2D eigenvalue weighted by atomic mass is 32.1. The highest BCUT2D eigenvalue weighted by Crippen LogP contribution is 2.19. The molecule has 0 fully saturated rings. The summed E-state index contributed by atoms with van der Waals surface area (Å²) in [6.45, 7) is 7.67. The predicted octanol–water partition coefficient (Wildman–Crippen LogP) is 2.61. The summed E-state index contributed by atoms with van der Waals surface area (Å²) in [5.74, 6) is 1.70. The van der Waals surface area contributed by atoms with Gasteiger partial charge in [0.1, 0.15) is 5.82 Å². The van der Waals surface area contributed by atoms with Crippen LogP contribution in [0.1, 0.15) is 18.3 Å². The number of nitrogens with zero attached hydrogens (tertiary/aromatic N) is 3. The van der Waals surface area contributed by atoms with E-state index in [0.29, 0.717) is 5.92 Å². The van der Waals surface area contributed by atoms with Crippen molar-refractivity contribution in [2.45, 2.75) is 26.6 Å². The smallest absolute Gasteiger partial charge is 0.122 e. The molecule has 0 N–H and O–H groups in total. The lowest BCUT2D eigenvalue weighted by Gasteiger charge is -2.23. The lowest BCUT2D eigenvalue weighted by Crippen LogP contribution is -2.30. The van der Waals surface area contributed by atoms with Crippen molar-refractivity contribution in [1.82, 2.24) is 14.5 Å². The van der Waals surface area contributed by atoms with Crippen molar-refractivity contribution in [1.29, 1.82) is 0 Å². The molecular weight excluding hydrogens is 270 g/mol. The summed E-state index contributed by atoms with van der Waals surface area (Å²) in [5.41, 5.74) is 1.39. The fraction of sp³-hybridized carbons (Fsp3) is 0.533. The largest absolute Gasteiger partial charge is 0.381 e. The van der Waals surface area contributed by atoms with Crippen molar-refractivity contribution in [2.75, 3.05) is 19.8 Å². The summed E-state index contributed by atoms with van der Waals surface area (Å²) in [5, 5.41) is 4.38. The van der Waals surface area contributed by atoms with Crippen LogP contribution in [0, 0.1) is 5.92 Å². The molecular formula is C15H21N3OS. The molecule has 3 heterocycles. The first kappa shape index (κ1) is 13.8. The molecule has 5 heteroatoms. The van der Waals surface area contributed by atoms with Crippen molar-refractivity contribution in [3.8, 4) is 0 Å². The Morgan fingerprint density at radius 2 is 2.40 bits per heavy atom. The van der Waals surface area contributed by atoms with Crippen LogP contribution in [0.4, 0.5) is 0 Å². The second kappa shape index (κ2) is 6.52. The van der Waals surface area contributed by atoms with Gasteiger partial charge in [-0.3, -0.25) is 4.90 Å². The summed E-state index contributed by atoms with van der Waals surface area (Å²) in [7, 11) is 0. The lowest BCUT2D eigenvalue weighted by atomic mass is 10.1. The summed E-state index contributed by atoms with van der Waals surface area (Å²) >= 11 is 1.76. The quantitative estimate of drug-likeness (QED) is 0.848. The van der Waals surface area contributed by atoms with Crippen LogP contribution in [0.3, 0.4) is 0 Å². The van der Waals surface area contributed by atoms with E-state index >= 15 is 0 Å². The Balaban J connectivity index is 1.73. The van der Waals surface area contributed by atoms with Crippen LogP contribution in [0.2, 0.25) is 0 Å². The third-order valence-electron chi connectivity index (χ3n) is 3.68. The van der Waals surface area contributed by atoms with Crippen molar-refractivity contribution >= 4 is 11.3 Å². The number of hydrogen-bond acceptors (Lipinski definition) is 4. The molecule has 108 valence electrons. The van der Waals surface area contributed by atoms with Gasteiger partial charge in [-0.05, 0) is 29.3 Å². The van der Waals surface area contributed by atoms with Gasteiger partial charge in [0.05, 0.1) is 13.2 Å². The maximum atomic E-state index is 5.65. The fourth-order valence-electron chi connectivity index (χ4n) is 2.77. The normalized spacial score (nSPS) is 19.8. The number of imidazole rings is 1. The van der Waals surface area contributed by atoms with Gasteiger partial charge in [-0.15, -0.1) is 0 Å². The molecule has 0 saturated heterocycles. The molecule has 0 bridgehead atoms. The van der Waals surface area contributed by atoms with E-state index in [2.05, 4.69) is 44.4 Å². The monoisotopic (exact) mass is 291 g/mol. The van der Waals surface area contributed by atoms with Gasteiger partial charge in [0.2, 0.25) is 0 Å². The fourth-order valence-corrected chi connectivity index (χ4v) is 3.43. The maximum Gasteiger partial charge on any atom is 0.122 e. The molecule has 0 unspecified atom stereocenters. The molecule has 2 aromatic rings. The Bertz CT molecular complexity index is 523. The van der Waals surface area contributed by atoms with Crippen LogP contribution in [0.25, 0.3) is 0 Å². The van der Waals surface area contributed by atoms with Crippen LogP contribution < -0.4 is 0 Å². The van der Waals surface area contributed by atoms with Gasteiger partial charge >= 0.3 is 0 Å². The lowest BCUT2D eigenvalue weighted by molar-refractivity contribution is 0.0851. The van der Waals surface area contributed by atoms with Gasteiger partial charge in [-0.25, -0.2) is 4.98 Å². The van der Waals surface area contributed by atoms with Crippen LogP contribution in [-0.4, -0.2) is 34.2 Å². The third kappa shape index (κ3) is 3.29. The van der Waals surface area contributed by atoms with Crippen LogP contribution >= 0.6 is 11.3 Å². The molecule has 20 heavy (non-hydrogen) atoms. The standard InChI is InChI=1S/C15H21N3OS/c1-2-19-11-14-8-17(7-13-3-6-20-12-13)10-15-16-4-5-18(15)9-14/h3-6,12,14H,2,7-11H2,1H3/t14-/m0/s1. The zero-order valence-corrected chi connectivity index (χ0v) is 12.7. The molecule has 1 aliphatic rings. The number of fused-ring (bicyclic) bond motifs is 1. The number of ether oxygens (including phenoxy) is 1. The Hall–Kier alpha value is -1.17. The average molecular weight is 291 g/mol. The zero-order chi connectivity index (χ0) is 13.8. The number of aromatic nitrogens is 2. The topological polar surface area (TPSA) is 30.3 Å². The number of rotatable bonds is 5. The van der Waals surface area contributed by atoms with Gasteiger partial charge in [-0.1, -0.05) is 0 Å². The van der Waals surface area contributed by atoms with E-state index in [4.69, 9.17) is 4.74 Å². The minimum atomic E-state index is 0.532. The molecule has 0 aliphatic carbocycles. The van der Waals surface area contributed by atoms with E-state index in [1.807, 2.05) is 6.20 Å². The SMILES string of the molecule is CCOC[C@H]1CN(Cc2ccsc2)Cc2nccn2C1. The average Bonchev–Trinajstić information content (AvgIpc) is 3.06. The highest BCUT2D eigenvalue weighted by molar-refractivity contribution is 7.07. The summed E-state index contributed by atoms with van der Waals surface area (Å²) < 4.78 is 7.92. The molecule has 1 atom stereocenters. The van der Waals surface area contributed by atoms with Gasteiger partial charge in [-0.2, -0.15) is 11.3 Å². The third-order valence-corrected chi connectivity index (χ3v) is 4.41. The first-order valence-electron chi connectivity index (χ1n) is 7.16. The maximum absolute atomic E-state index is 5.65. The predicted molar refractivity (Wildman–Crippen MR) is 80.6 cm³/mol. The molecule has 0 aromatic carbocycles. The highest BCUT2D eigenvalue weighted by Gasteiger charge is 2.22. The second-order valence-electron chi connectivity index (χ2n) is 5.32. The van der Waals surface area contributed by atoms with Crippen molar-refractivity contribution in [2.24, 2.45) is 5.92 Å². The number of thiophene rings is 1. The van der Waals surface area contributed by atoms with E-state index in [0.717, 1.165) is 39.4 Å². The molecule has 0 amide bonds. The first-order chi connectivity index (χ1) is 9.85. The van der Waals surface area contributed by atoms with Crippen molar-refractivity contribution < 1.29 is 4.74 Å². The molecule has 0 radical (unpaired) electrons. The van der Waals surface area contributed by atoms with E-state index in [1.165, 1.54) is 11.4 Å². The molecule has 2 aromatic heterocycles. The van der Waals surface area contributed by atoms with Crippen molar-refractivity contribution in [3.05, 3.63) is 40.6 Å². The molecule has 1 aliphatic heterocycles. The Morgan fingerprint density at radius 3 is 3.20 bits per heavy atom. The minimum Gasteiger partial charge on any atom is -0.381 e. The molecule has 3 rings (SSSR count). The van der Waals surface area contributed by atoms with Gasteiger partial charge in [0.25, 0.3) is 0 Å². The minimum absolute atomic E-state index is 0.532. The second-order valence-corrected chi connectivity index (χ2v) is 6.10. The summed E-state index contributed by atoms with van der Waals surface area (Å²) in [4.78, 5) is 6.98. The van der Waals surface area contributed by atoms with Crippen LogP contribution in [0.15, 0.2) is 29.2 Å². The van der Waals surface area contributed by atoms with Crippen LogP contribution in [0.5, 0.6) is 0 Å². The van der Waals surface area contributed by atoms with E-state index in [-0.39, 0.29) is 0 Å². The van der Waals surface area contributed by atoms with Gasteiger partial charge in [0.15, 0.2) is 0 Å². The van der Waals surface area contributed by atoms with Gasteiger partial charge in [0, 0.05) is 44.6 Å². The zero-order valence-electron chi connectivity index (χ0n) is 11.9. The van der Waals surface area contributed by atoms with Crippen molar-refractivity contribution in [3.63, 3.8) is 0 Å². The molecule has 0 saturated carbocycles. The first-order valence-corrected chi connectivity index (χ1v) is 8.10. The Morgan fingerprint density at radius 1 is 1.45 bits per heavy atom. The molecule has 0 spiro atoms. The van der Waals surface area contributed by atoms with E-state index < -0.39 is 0 Å². The summed E-state index contributed by atoms with van der Waals surface area (Å²) in [6, 6.07) is 2.21. The van der Waals surface area contributed by atoms with Crippen LogP contribution in [-0.2, 0) is 24.4 Å². The van der Waals surface area contributed by atoms with Gasteiger partial charge < -0.3 is 9.30 Å². The Kier molecular flexibility index (Phi) is 4.50. The summed E-state index contributed by atoms with van der Waals surface area (Å²) in [6.07, 6.45) is 3.99. The van der Waals surface area contributed by atoms with E-state index in [9.17, 15) is 0 Å².